The minimum Gasteiger partial charge on any atom is -0.336 e. The Hall–Kier alpha value is -1.09. The van der Waals surface area contributed by atoms with Gasteiger partial charge in [0.2, 0.25) is 0 Å². The first kappa shape index (κ1) is 13.3. The van der Waals surface area contributed by atoms with Gasteiger partial charge in [-0.05, 0) is 43.9 Å². The molecule has 2 rings (SSSR count). The van der Waals surface area contributed by atoms with Gasteiger partial charge in [-0.15, -0.1) is 11.6 Å². The fourth-order valence-corrected chi connectivity index (χ4v) is 2.73. The minimum absolute atomic E-state index is 0.0793. The molecule has 2 nitrogen and oxygen atoms in total. The average Bonchev–Trinajstić information content (AvgIpc) is 2.39. The van der Waals surface area contributed by atoms with E-state index in [4.69, 9.17) is 11.6 Å². The van der Waals surface area contributed by atoms with Crippen LogP contribution in [0.5, 0.6) is 0 Å². The summed E-state index contributed by atoms with van der Waals surface area (Å²) in [6, 6.07) is 6.09. The first-order valence-corrected chi connectivity index (χ1v) is 6.88. The fourth-order valence-electron chi connectivity index (χ4n) is 2.48. The number of nitrogens with zero attached hydrogens (tertiary/aromatic N) is 1. The van der Waals surface area contributed by atoms with Crippen molar-refractivity contribution in [1.82, 2.24) is 4.90 Å². The van der Waals surface area contributed by atoms with E-state index in [2.05, 4.69) is 0 Å². The molecule has 1 aromatic carbocycles. The number of benzene rings is 1. The molecule has 1 amide bonds. The van der Waals surface area contributed by atoms with Crippen molar-refractivity contribution < 1.29 is 9.18 Å². The molecule has 0 spiro atoms. The molecule has 1 saturated heterocycles. The summed E-state index contributed by atoms with van der Waals surface area (Å²) >= 11 is 5.78. The Morgan fingerprint density at radius 2 is 2.28 bits per heavy atom. The Bertz CT molecular complexity index is 422. The second-order valence-corrected chi connectivity index (χ2v) is 5.01. The molecule has 98 valence electrons. The molecular formula is C14H17ClFNO. The number of hydrogen-bond donors (Lipinski definition) is 0. The van der Waals surface area contributed by atoms with Crippen LogP contribution in [0.15, 0.2) is 24.3 Å². The van der Waals surface area contributed by atoms with E-state index in [1.165, 1.54) is 12.1 Å². The van der Waals surface area contributed by atoms with Crippen LogP contribution in [0, 0.1) is 5.82 Å². The van der Waals surface area contributed by atoms with Crippen molar-refractivity contribution in [2.75, 3.05) is 12.4 Å². The number of piperidine rings is 1. The molecule has 1 unspecified atom stereocenters. The predicted molar refractivity (Wildman–Crippen MR) is 70.4 cm³/mol. The lowest BCUT2D eigenvalue weighted by molar-refractivity contribution is 0.0609. The van der Waals surface area contributed by atoms with Crippen molar-refractivity contribution in [1.29, 1.82) is 0 Å². The number of likely N-dealkylation sites (tertiary alicyclic amines) is 1. The van der Waals surface area contributed by atoms with Gasteiger partial charge in [-0.1, -0.05) is 6.07 Å². The molecule has 1 aliphatic rings. The number of alkyl halides is 1. The molecular weight excluding hydrogens is 253 g/mol. The third-order valence-corrected chi connectivity index (χ3v) is 3.62. The standard InChI is InChI=1S/C14H17ClFNO/c15-8-7-13-6-1-2-9-17(13)14(18)11-4-3-5-12(16)10-11/h3-5,10,13H,1-2,6-9H2. The van der Waals surface area contributed by atoms with Crippen molar-refractivity contribution in [2.45, 2.75) is 31.7 Å². The van der Waals surface area contributed by atoms with Crippen LogP contribution in [-0.2, 0) is 0 Å². The van der Waals surface area contributed by atoms with E-state index >= 15 is 0 Å². The van der Waals surface area contributed by atoms with Gasteiger partial charge in [0, 0.05) is 24.0 Å². The van der Waals surface area contributed by atoms with Gasteiger partial charge in [-0.3, -0.25) is 4.79 Å². The van der Waals surface area contributed by atoms with Gasteiger partial charge >= 0.3 is 0 Å². The molecule has 0 aliphatic carbocycles. The molecule has 0 N–H and O–H groups in total. The number of halogens is 2. The van der Waals surface area contributed by atoms with Crippen molar-refractivity contribution in [3.8, 4) is 0 Å². The van der Waals surface area contributed by atoms with E-state index in [1.807, 2.05) is 4.90 Å². The molecule has 1 heterocycles. The van der Waals surface area contributed by atoms with E-state index < -0.39 is 0 Å². The first-order chi connectivity index (χ1) is 8.72. The molecule has 0 bridgehead atoms. The summed E-state index contributed by atoms with van der Waals surface area (Å²) in [7, 11) is 0. The maximum absolute atomic E-state index is 13.1. The highest BCUT2D eigenvalue weighted by Crippen LogP contribution is 2.22. The number of amides is 1. The Morgan fingerprint density at radius 1 is 1.44 bits per heavy atom. The summed E-state index contributed by atoms with van der Waals surface area (Å²) in [6.07, 6.45) is 3.95. The molecule has 1 atom stereocenters. The highest BCUT2D eigenvalue weighted by atomic mass is 35.5. The van der Waals surface area contributed by atoms with E-state index in [0.717, 1.165) is 32.2 Å². The van der Waals surface area contributed by atoms with Gasteiger partial charge in [0.15, 0.2) is 0 Å². The lowest BCUT2D eigenvalue weighted by Gasteiger charge is -2.35. The molecule has 1 aromatic rings. The maximum atomic E-state index is 13.1. The summed E-state index contributed by atoms with van der Waals surface area (Å²) in [4.78, 5) is 14.2. The van der Waals surface area contributed by atoms with E-state index in [9.17, 15) is 9.18 Å². The minimum atomic E-state index is -0.369. The lowest BCUT2D eigenvalue weighted by Crippen LogP contribution is -2.44. The largest absolute Gasteiger partial charge is 0.336 e. The van der Waals surface area contributed by atoms with Gasteiger partial charge in [-0.25, -0.2) is 4.39 Å². The van der Waals surface area contributed by atoms with Crippen LogP contribution in [0.25, 0.3) is 0 Å². The van der Waals surface area contributed by atoms with Gasteiger partial charge in [0.25, 0.3) is 5.91 Å². The third kappa shape index (κ3) is 3.02. The highest BCUT2D eigenvalue weighted by molar-refractivity contribution is 6.17. The van der Waals surface area contributed by atoms with Crippen LogP contribution in [-0.4, -0.2) is 29.3 Å². The third-order valence-electron chi connectivity index (χ3n) is 3.40. The topological polar surface area (TPSA) is 20.3 Å². The molecule has 0 radical (unpaired) electrons. The van der Waals surface area contributed by atoms with Gasteiger partial charge in [-0.2, -0.15) is 0 Å². The maximum Gasteiger partial charge on any atom is 0.254 e. The zero-order chi connectivity index (χ0) is 13.0. The van der Waals surface area contributed by atoms with Gasteiger partial charge in [0.1, 0.15) is 5.82 Å². The summed E-state index contributed by atoms with van der Waals surface area (Å²) in [5.74, 6) is 0.105. The number of rotatable bonds is 3. The van der Waals surface area contributed by atoms with Crippen LogP contribution in [0.1, 0.15) is 36.0 Å². The molecule has 1 aliphatic heterocycles. The van der Waals surface area contributed by atoms with Crippen LogP contribution in [0.2, 0.25) is 0 Å². The van der Waals surface area contributed by atoms with Crippen molar-refractivity contribution >= 4 is 17.5 Å². The molecule has 0 saturated carbocycles. The summed E-state index contributed by atoms with van der Waals surface area (Å²) < 4.78 is 13.1. The smallest absolute Gasteiger partial charge is 0.254 e. The summed E-state index contributed by atoms with van der Waals surface area (Å²) in [6.45, 7) is 0.747. The Kier molecular flexibility index (Phi) is 4.59. The van der Waals surface area contributed by atoms with Crippen LogP contribution in [0.3, 0.4) is 0 Å². The quantitative estimate of drug-likeness (QED) is 0.770. The Morgan fingerprint density at radius 3 is 3.00 bits per heavy atom. The monoisotopic (exact) mass is 269 g/mol. The summed E-state index contributed by atoms with van der Waals surface area (Å²) in [5.41, 5.74) is 0.427. The van der Waals surface area contributed by atoms with Crippen molar-refractivity contribution in [2.24, 2.45) is 0 Å². The fraction of sp³-hybridized carbons (Fsp3) is 0.500. The predicted octanol–water partition coefficient (Wildman–Crippen LogP) is 3.45. The molecule has 0 aromatic heterocycles. The normalized spacial score (nSPS) is 19.9. The van der Waals surface area contributed by atoms with E-state index in [-0.39, 0.29) is 17.8 Å². The SMILES string of the molecule is O=C(c1cccc(F)c1)N1CCCCC1CCCl. The Labute approximate surface area is 112 Å². The van der Waals surface area contributed by atoms with E-state index in [1.54, 1.807) is 12.1 Å². The van der Waals surface area contributed by atoms with Crippen molar-refractivity contribution in [3.05, 3.63) is 35.6 Å². The lowest BCUT2D eigenvalue weighted by atomic mass is 9.99. The van der Waals surface area contributed by atoms with Gasteiger partial charge < -0.3 is 4.90 Å². The summed E-state index contributed by atoms with van der Waals surface area (Å²) in [5, 5.41) is 0. The van der Waals surface area contributed by atoms with E-state index in [0.29, 0.717) is 11.4 Å². The van der Waals surface area contributed by atoms with Gasteiger partial charge in [0.05, 0.1) is 0 Å². The number of carbonyl (C=O) groups is 1. The van der Waals surface area contributed by atoms with Crippen LogP contribution < -0.4 is 0 Å². The first-order valence-electron chi connectivity index (χ1n) is 6.35. The second kappa shape index (κ2) is 6.19. The van der Waals surface area contributed by atoms with Crippen LogP contribution in [0.4, 0.5) is 4.39 Å². The molecule has 4 heteroatoms. The van der Waals surface area contributed by atoms with Crippen molar-refractivity contribution in [3.63, 3.8) is 0 Å². The Balaban J connectivity index is 2.15. The van der Waals surface area contributed by atoms with Crippen LogP contribution >= 0.6 is 11.6 Å². The molecule has 18 heavy (non-hydrogen) atoms. The number of hydrogen-bond acceptors (Lipinski definition) is 1. The highest BCUT2D eigenvalue weighted by Gasteiger charge is 2.26. The number of carbonyl (C=O) groups excluding carboxylic acids is 1. The molecule has 1 fully saturated rings. The average molecular weight is 270 g/mol. The zero-order valence-corrected chi connectivity index (χ0v) is 11.0. The second-order valence-electron chi connectivity index (χ2n) is 4.64. The zero-order valence-electron chi connectivity index (χ0n) is 10.2.